The van der Waals surface area contributed by atoms with Crippen LogP contribution in [0.1, 0.15) is 0 Å². The van der Waals surface area contributed by atoms with Crippen LogP contribution in [0.2, 0.25) is 0 Å². The number of aromatic amines is 1. The third kappa shape index (κ3) is 1.90. The van der Waals surface area contributed by atoms with E-state index >= 15 is 0 Å². The number of aromatic nitrogens is 1. The summed E-state index contributed by atoms with van der Waals surface area (Å²) in [5.74, 6) is -0.373. The number of para-hydroxylation sites is 1. The number of ether oxygens (including phenoxy) is 1. The van der Waals surface area contributed by atoms with E-state index in [1.54, 1.807) is 0 Å². The van der Waals surface area contributed by atoms with Gasteiger partial charge in [0.05, 0.1) is 12.2 Å². The average molecular weight is 294 g/mol. The van der Waals surface area contributed by atoms with Crippen LogP contribution in [0.25, 0.3) is 22.0 Å². The van der Waals surface area contributed by atoms with E-state index in [4.69, 9.17) is 4.74 Å². The number of carboxylic acids is 1. The average Bonchev–Trinajstić information content (AvgIpc) is 3.02. The van der Waals surface area contributed by atoms with E-state index in [0.29, 0.717) is 5.75 Å². The van der Waals surface area contributed by atoms with Crippen molar-refractivity contribution < 1.29 is 14.6 Å². The molecule has 0 fully saturated rings. The first kappa shape index (κ1) is 12.8. The molecule has 0 bridgehead atoms. The molecule has 22 heavy (non-hydrogen) atoms. The fourth-order valence-corrected chi connectivity index (χ4v) is 2.86. The fourth-order valence-electron chi connectivity index (χ4n) is 2.86. The molecule has 0 saturated heterocycles. The number of hydrogen-bond acceptors (Lipinski definition) is 3. The van der Waals surface area contributed by atoms with E-state index in [2.05, 4.69) is 10.3 Å². The number of aliphatic carboxylic acids is 1. The smallest absolute Gasteiger partial charge is 0.346 e. The molecule has 5 nitrogen and oxygen atoms in total. The van der Waals surface area contributed by atoms with Crippen molar-refractivity contribution in [3.8, 4) is 16.9 Å². The first-order valence-electron chi connectivity index (χ1n) is 7.07. The lowest BCUT2D eigenvalue weighted by atomic mass is 9.99. The predicted octanol–water partition coefficient (Wildman–Crippen LogP) is 3.09. The number of benzene rings is 2. The van der Waals surface area contributed by atoms with Crippen LogP contribution in [0.4, 0.5) is 5.69 Å². The molecule has 3 N–H and O–H groups in total. The number of H-pyrrole nitrogens is 1. The molecule has 1 unspecified atom stereocenters. The Morgan fingerprint density at radius 1 is 1.14 bits per heavy atom. The topological polar surface area (TPSA) is 74.4 Å². The van der Waals surface area contributed by atoms with Gasteiger partial charge in [-0.1, -0.05) is 24.3 Å². The minimum absolute atomic E-state index is 0.264. The van der Waals surface area contributed by atoms with E-state index in [0.717, 1.165) is 27.7 Å². The van der Waals surface area contributed by atoms with Gasteiger partial charge in [-0.25, -0.2) is 4.79 Å². The highest BCUT2D eigenvalue weighted by Crippen LogP contribution is 2.41. The summed E-state index contributed by atoms with van der Waals surface area (Å²) in [6.07, 6.45) is 1.02. The van der Waals surface area contributed by atoms with Gasteiger partial charge in [0, 0.05) is 22.7 Å². The molecule has 2 aromatic carbocycles. The van der Waals surface area contributed by atoms with E-state index in [1.165, 1.54) is 0 Å². The fraction of sp³-hybridized carbons (Fsp3) is 0.118. The number of carbonyl (C=O) groups is 1. The molecule has 1 atom stereocenters. The van der Waals surface area contributed by atoms with Crippen LogP contribution >= 0.6 is 0 Å². The highest BCUT2D eigenvalue weighted by atomic mass is 16.5. The maximum absolute atomic E-state index is 11.2. The SMILES string of the molecule is O=C(O)C1CNc2cccc(-c3cccc4[nH]ccc34)c2O1. The molecule has 5 heteroatoms. The van der Waals surface area contributed by atoms with Crippen molar-refractivity contribution in [1.29, 1.82) is 0 Å². The van der Waals surface area contributed by atoms with Gasteiger partial charge in [0.2, 0.25) is 6.10 Å². The maximum Gasteiger partial charge on any atom is 0.346 e. The Labute approximate surface area is 126 Å². The first-order chi connectivity index (χ1) is 10.7. The third-order valence-electron chi connectivity index (χ3n) is 3.91. The van der Waals surface area contributed by atoms with Gasteiger partial charge in [-0.3, -0.25) is 0 Å². The predicted molar refractivity (Wildman–Crippen MR) is 84.3 cm³/mol. The number of anilines is 1. The molecule has 1 aliphatic heterocycles. The molecule has 1 aliphatic rings. The summed E-state index contributed by atoms with van der Waals surface area (Å²) in [4.78, 5) is 14.4. The van der Waals surface area contributed by atoms with Gasteiger partial charge in [-0.2, -0.15) is 0 Å². The van der Waals surface area contributed by atoms with Gasteiger partial charge < -0.3 is 20.1 Å². The van der Waals surface area contributed by atoms with Crippen molar-refractivity contribution in [2.75, 3.05) is 11.9 Å². The highest BCUT2D eigenvalue weighted by Gasteiger charge is 2.27. The second kappa shape index (κ2) is 4.80. The van der Waals surface area contributed by atoms with Crippen molar-refractivity contribution in [1.82, 2.24) is 4.98 Å². The maximum atomic E-state index is 11.2. The van der Waals surface area contributed by atoms with Crippen LogP contribution in [0.15, 0.2) is 48.7 Å². The van der Waals surface area contributed by atoms with Gasteiger partial charge in [0.25, 0.3) is 0 Å². The summed E-state index contributed by atoms with van der Waals surface area (Å²) in [6, 6.07) is 13.8. The minimum atomic E-state index is -0.965. The summed E-state index contributed by atoms with van der Waals surface area (Å²) in [5, 5.41) is 13.4. The third-order valence-corrected chi connectivity index (χ3v) is 3.91. The Balaban J connectivity index is 1.90. The monoisotopic (exact) mass is 294 g/mol. The van der Waals surface area contributed by atoms with Crippen molar-refractivity contribution in [3.05, 3.63) is 48.7 Å². The van der Waals surface area contributed by atoms with E-state index in [1.807, 2.05) is 48.7 Å². The second-order valence-corrected chi connectivity index (χ2v) is 5.25. The Bertz CT molecular complexity index is 869. The Hall–Kier alpha value is -2.95. The number of fused-ring (bicyclic) bond motifs is 2. The van der Waals surface area contributed by atoms with Gasteiger partial charge >= 0.3 is 5.97 Å². The zero-order valence-corrected chi connectivity index (χ0v) is 11.7. The van der Waals surface area contributed by atoms with E-state index in [9.17, 15) is 9.90 Å². The number of carboxylic acid groups (broad SMARTS) is 1. The van der Waals surface area contributed by atoms with Gasteiger partial charge in [-0.05, 0) is 23.8 Å². The van der Waals surface area contributed by atoms with Crippen LogP contribution < -0.4 is 10.1 Å². The van der Waals surface area contributed by atoms with Gasteiger partial charge in [0.15, 0.2) is 5.75 Å². The molecule has 0 radical (unpaired) electrons. The van der Waals surface area contributed by atoms with Crippen LogP contribution in [0.3, 0.4) is 0 Å². The Morgan fingerprint density at radius 2 is 1.95 bits per heavy atom. The van der Waals surface area contributed by atoms with E-state index < -0.39 is 12.1 Å². The molecule has 110 valence electrons. The van der Waals surface area contributed by atoms with Crippen molar-refractivity contribution in [3.63, 3.8) is 0 Å². The lowest BCUT2D eigenvalue weighted by Gasteiger charge is -2.26. The molecule has 4 rings (SSSR count). The summed E-state index contributed by atoms with van der Waals surface area (Å²) < 4.78 is 5.73. The van der Waals surface area contributed by atoms with Crippen LogP contribution in [0, 0.1) is 0 Å². The van der Waals surface area contributed by atoms with Crippen LogP contribution in [-0.4, -0.2) is 28.7 Å². The lowest BCUT2D eigenvalue weighted by Crippen LogP contribution is -2.37. The quantitative estimate of drug-likeness (QED) is 0.679. The summed E-state index contributed by atoms with van der Waals surface area (Å²) in [6.45, 7) is 0.264. The molecule has 0 amide bonds. The van der Waals surface area contributed by atoms with E-state index in [-0.39, 0.29) is 6.54 Å². The Morgan fingerprint density at radius 3 is 2.82 bits per heavy atom. The van der Waals surface area contributed by atoms with Crippen LogP contribution in [-0.2, 0) is 4.79 Å². The zero-order valence-electron chi connectivity index (χ0n) is 11.7. The second-order valence-electron chi connectivity index (χ2n) is 5.25. The number of hydrogen-bond donors (Lipinski definition) is 3. The molecular weight excluding hydrogens is 280 g/mol. The van der Waals surface area contributed by atoms with Gasteiger partial charge in [0.1, 0.15) is 0 Å². The van der Waals surface area contributed by atoms with Gasteiger partial charge in [-0.15, -0.1) is 0 Å². The van der Waals surface area contributed by atoms with Crippen molar-refractivity contribution in [2.24, 2.45) is 0 Å². The summed E-state index contributed by atoms with van der Waals surface area (Å²) in [7, 11) is 0. The molecule has 0 spiro atoms. The summed E-state index contributed by atoms with van der Waals surface area (Å²) >= 11 is 0. The summed E-state index contributed by atoms with van der Waals surface area (Å²) in [5.41, 5.74) is 3.76. The number of rotatable bonds is 2. The molecule has 0 saturated carbocycles. The normalized spacial score (nSPS) is 16.6. The molecule has 3 aromatic rings. The highest BCUT2D eigenvalue weighted by molar-refractivity contribution is 5.98. The Kier molecular flexibility index (Phi) is 2.79. The number of nitrogens with one attached hydrogen (secondary N) is 2. The zero-order chi connectivity index (χ0) is 15.1. The van der Waals surface area contributed by atoms with Crippen molar-refractivity contribution >= 4 is 22.6 Å². The van der Waals surface area contributed by atoms with Crippen LogP contribution in [0.5, 0.6) is 5.75 Å². The molecular formula is C17H14N2O3. The molecule has 1 aromatic heterocycles. The molecule has 0 aliphatic carbocycles. The largest absolute Gasteiger partial charge is 0.478 e. The first-order valence-corrected chi connectivity index (χ1v) is 7.07. The van der Waals surface area contributed by atoms with Crippen molar-refractivity contribution in [2.45, 2.75) is 6.10 Å². The lowest BCUT2D eigenvalue weighted by molar-refractivity contribution is -0.144. The minimum Gasteiger partial charge on any atom is -0.478 e. The standard InChI is InChI=1S/C17H14N2O3/c20-17(21)15-9-19-14-6-2-4-12(16(14)22-15)10-3-1-5-13-11(10)7-8-18-13/h1-8,15,18-19H,9H2,(H,20,21). The molecule has 2 heterocycles.